The van der Waals surface area contributed by atoms with E-state index in [0.717, 1.165) is 6.54 Å². The van der Waals surface area contributed by atoms with E-state index in [-0.39, 0.29) is 5.54 Å². The molecule has 2 aliphatic rings. The summed E-state index contributed by atoms with van der Waals surface area (Å²) < 4.78 is 0. The van der Waals surface area contributed by atoms with Crippen molar-refractivity contribution in [1.82, 2.24) is 0 Å². The lowest BCUT2D eigenvalue weighted by Gasteiger charge is -2.53. The normalized spacial score (nSPS) is 29.1. The number of nitrogens with two attached hydrogens (primary N) is 1. The summed E-state index contributed by atoms with van der Waals surface area (Å²) in [5.41, 5.74) is 9.86. The topological polar surface area (TPSA) is 29.3 Å². The first kappa shape index (κ1) is 13.9. The highest BCUT2D eigenvalue weighted by Crippen LogP contribution is 2.46. The van der Waals surface area contributed by atoms with E-state index in [1.807, 2.05) is 0 Å². The van der Waals surface area contributed by atoms with E-state index in [0.29, 0.717) is 5.41 Å². The molecule has 2 nitrogen and oxygen atoms in total. The second kappa shape index (κ2) is 5.07. The molecule has 1 atom stereocenters. The van der Waals surface area contributed by atoms with Gasteiger partial charge in [0.25, 0.3) is 0 Å². The highest BCUT2D eigenvalue weighted by Gasteiger charge is 2.44. The molecule has 1 aromatic rings. The van der Waals surface area contributed by atoms with Crippen molar-refractivity contribution in [1.29, 1.82) is 0 Å². The third-order valence-corrected chi connectivity index (χ3v) is 5.37. The minimum absolute atomic E-state index is 0.179. The largest absolute Gasteiger partial charge is 0.364 e. The Morgan fingerprint density at radius 3 is 2.70 bits per heavy atom. The van der Waals surface area contributed by atoms with Crippen molar-refractivity contribution in [3.8, 4) is 0 Å². The van der Waals surface area contributed by atoms with E-state index in [9.17, 15) is 0 Å². The molecule has 1 heterocycles. The quantitative estimate of drug-likeness (QED) is 0.888. The first-order chi connectivity index (χ1) is 9.56. The predicted molar refractivity (Wildman–Crippen MR) is 86.1 cm³/mol. The highest BCUT2D eigenvalue weighted by molar-refractivity contribution is 5.58. The van der Waals surface area contributed by atoms with Crippen LogP contribution in [0.25, 0.3) is 0 Å². The zero-order chi connectivity index (χ0) is 14.2. The first-order valence-corrected chi connectivity index (χ1v) is 8.12. The van der Waals surface area contributed by atoms with E-state index in [1.54, 1.807) is 0 Å². The van der Waals surface area contributed by atoms with Crippen LogP contribution < -0.4 is 10.6 Å². The summed E-state index contributed by atoms with van der Waals surface area (Å²) in [6.45, 7) is 6.77. The van der Waals surface area contributed by atoms with Gasteiger partial charge in [-0.1, -0.05) is 38.5 Å². The maximum atomic E-state index is 6.31. The van der Waals surface area contributed by atoms with E-state index in [2.05, 4.69) is 43.0 Å². The predicted octanol–water partition coefficient (Wildman–Crippen LogP) is 3.74. The number of aryl methyl sites for hydroxylation is 1. The van der Waals surface area contributed by atoms with E-state index in [1.165, 1.54) is 56.3 Å². The minimum Gasteiger partial charge on any atom is -0.364 e. The Kier molecular flexibility index (Phi) is 3.53. The number of fused-ring (bicyclic) bond motifs is 1. The van der Waals surface area contributed by atoms with Crippen molar-refractivity contribution in [3.63, 3.8) is 0 Å². The molecule has 1 aliphatic heterocycles. The number of nitrogens with zero attached hydrogens (tertiary/aromatic N) is 1. The molecule has 0 amide bonds. The van der Waals surface area contributed by atoms with Crippen molar-refractivity contribution in [2.45, 2.75) is 57.9 Å². The third kappa shape index (κ3) is 2.35. The summed E-state index contributed by atoms with van der Waals surface area (Å²) in [4.78, 5) is 2.66. The fourth-order valence-electron chi connectivity index (χ4n) is 4.50. The summed E-state index contributed by atoms with van der Waals surface area (Å²) in [7, 11) is 0. The van der Waals surface area contributed by atoms with Crippen molar-refractivity contribution in [3.05, 3.63) is 29.8 Å². The average Bonchev–Trinajstić information content (AvgIpc) is 2.45. The zero-order valence-corrected chi connectivity index (χ0v) is 13.0. The van der Waals surface area contributed by atoms with Gasteiger partial charge in [0.2, 0.25) is 0 Å². The number of hydrogen-bond acceptors (Lipinski definition) is 2. The van der Waals surface area contributed by atoms with Crippen LogP contribution in [0.5, 0.6) is 0 Å². The summed E-state index contributed by atoms with van der Waals surface area (Å²) >= 11 is 0. The maximum absolute atomic E-state index is 6.31. The molecule has 0 aromatic heterocycles. The molecule has 0 radical (unpaired) electrons. The van der Waals surface area contributed by atoms with Crippen LogP contribution in [-0.2, 0) is 6.42 Å². The van der Waals surface area contributed by atoms with Gasteiger partial charge in [-0.2, -0.15) is 0 Å². The van der Waals surface area contributed by atoms with Gasteiger partial charge in [-0.05, 0) is 49.1 Å². The van der Waals surface area contributed by atoms with E-state index >= 15 is 0 Å². The molecule has 1 saturated carbocycles. The van der Waals surface area contributed by atoms with Gasteiger partial charge in [0.05, 0.1) is 5.54 Å². The molecular weight excluding hydrogens is 244 g/mol. The Hall–Kier alpha value is -1.02. The SMILES string of the molecule is CC1(C)CCCC(CN)(N2CCCc3ccccc32)C1. The third-order valence-electron chi connectivity index (χ3n) is 5.37. The molecule has 1 unspecified atom stereocenters. The Morgan fingerprint density at radius 2 is 1.95 bits per heavy atom. The smallest absolute Gasteiger partial charge is 0.0529 e. The fraction of sp³-hybridized carbons (Fsp3) is 0.667. The second-order valence-electron chi connectivity index (χ2n) is 7.51. The van der Waals surface area contributed by atoms with Crippen LogP contribution in [0.4, 0.5) is 5.69 Å². The van der Waals surface area contributed by atoms with Crippen LogP contribution in [0.2, 0.25) is 0 Å². The summed E-state index contributed by atoms with van der Waals surface area (Å²) in [6.07, 6.45) is 7.61. The van der Waals surface area contributed by atoms with Crippen LogP contribution in [0.3, 0.4) is 0 Å². The van der Waals surface area contributed by atoms with Gasteiger partial charge in [0.1, 0.15) is 0 Å². The van der Waals surface area contributed by atoms with Gasteiger partial charge in [-0.15, -0.1) is 0 Å². The molecule has 2 N–H and O–H groups in total. The lowest BCUT2D eigenvalue weighted by molar-refractivity contribution is 0.146. The Balaban J connectivity index is 1.98. The molecule has 1 fully saturated rings. The van der Waals surface area contributed by atoms with Crippen molar-refractivity contribution in [2.75, 3.05) is 18.0 Å². The van der Waals surface area contributed by atoms with Crippen molar-refractivity contribution in [2.24, 2.45) is 11.1 Å². The van der Waals surface area contributed by atoms with E-state index < -0.39 is 0 Å². The Morgan fingerprint density at radius 1 is 1.15 bits per heavy atom. The molecule has 0 saturated heterocycles. The Labute approximate surface area is 123 Å². The number of anilines is 1. The monoisotopic (exact) mass is 272 g/mol. The number of rotatable bonds is 2. The zero-order valence-electron chi connectivity index (χ0n) is 13.0. The number of hydrogen-bond donors (Lipinski definition) is 1. The highest BCUT2D eigenvalue weighted by atomic mass is 15.2. The van der Waals surface area contributed by atoms with Gasteiger partial charge in [0, 0.05) is 18.8 Å². The lowest BCUT2D eigenvalue weighted by atomic mass is 9.67. The molecule has 3 rings (SSSR count). The molecule has 20 heavy (non-hydrogen) atoms. The molecule has 110 valence electrons. The summed E-state index contributed by atoms with van der Waals surface area (Å²) in [5.74, 6) is 0. The van der Waals surface area contributed by atoms with Gasteiger partial charge >= 0.3 is 0 Å². The fourth-order valence-corrected chi connectivity index (χ4v) is 4.50. The minimum atomic E-state index is 0.179. The summed E-state index contributed by atoms with van der Waals surface area (Å²) in [5, 5.41) is 0. The van der Waals surface area contributed by atoms with Gasteiger partial charge < -0.3 is 10.6 Å². The summed E-state index contributed by atoms with van der Waals surface area (Å²) in [6, 6.07) is 8.94. The van der Waals surface area contributed by atoms with Gasteiger partial charge in [-0.25, -0.2) is 0 Å². The van der Waals surface area contributed by atoms with Crippen LogP contribution in [-0.4, -0.2) is 18.6 Å². The van der Waals surface area contributed by atoms with Crippen LogP contribution in [0.15, 0.2) is 24.3 Å². The molecule has 1 aliphatic carbocycles. The molecule has 2 heteroatoms. The molecule has 0 spiro atoms. The average molecular weight is 272 g/mol. The molecule has 0 bridgehead atoms. The Bertz CT molecular complexity index is 480. The van der Waals surface area contributed by atoms with Gasteiger partial charge in [0.15, 0.2) is 0 Å². The second-order valence-corrected chi connectivity index (χ2v) is 7.51. The number of benzene rings is 1. The van der Waals surface area contributed by atoms with Crippen molar-refractivity contribution < 1.29 is 0 Å². The van der Waals surface area contributed by atoms with Gasteiger partial charge in [-0.3, -0.25) is 0 Å². The maximum Gasteiger partial charge on any atom is 0.0529 e. The number of para-hydroxylation sites is 1. The standard InChI is InChI=1S/C18H28N2/c1-17(2)10-6-11-18(13-17,14-19)20-12-5-8-15-7-3-4-9-16(15)20/h3-4,7,9H,5-6,8,10-14,19H2,1-2H3. The van der Waals surface area contributed by atoms with Crippen LogP contribution in [0.1, 0.15) is 51.5 Å². The lowest BCUT2D eigenvalue weighted by Crippen LogP contribution is -2.59. The van der Waals surface area contributed by atoms with Crippen LogP contribution in [0, 0.1) is 5.41 Å². The first-order valence-electron chi connectivity index (χ1n) is 8.12. The van der Waals surface area contributed by atoms with Crippen molar-refractivity contribution >= 4 is 5.69 Å². The van der Waals surface area contributed by atoms with E-state index in [4.69, 9.17) is 5.73 Å². The molecular formula is C18H28N2. The van der Waals surface area contributed by atoms with Crippen LogP contribution >= 0.6 is 0 Å². The molecule has 1 aromatic carbocycles.